The maximum Gasteiger partial charge on any atom is 0.115 e. The normalized spacial score (nSPS) is 10.1. The Kier molecular flexibility index (Phi) is 4.42. The molecule has 106 valence electrons. The Labute approximate surface area is 132 Å². The largest absolute Gasteiger partial charge is 0.265 e. The van der Waals surface area contributed by atoms with Crippen LogP contribution in [0.2, 0.25) is 0 Å². The Morgan fingerprint density at radius 1 is 0.909 bits per heavy atom. The van der Waals surface area contributed by atoms with Crippen LogP contribution < -0.4 is 0 Å². The molecule has 0 atom stereocenters. The van der Waals surface area contributed by atoms with Gasteiger partial charge in [0.05, 0.1) is 11.3 Å². The molecule has 3 aromatic rings. The molecule has 0 N–H and O–H groups in total. The van der Waals surface area contributed by atoms with Crippen LogP contribution >= 0.6 is 11.8 Å². The van der Waals surface area contributed by atoms with Crippen molar-refractivity contribution < 1.29 is 0 Å². The molecular weight excluding hydrogens is 292 g/mol. The number of thioether (sulfide) groups is 1. The lowest BCUT2D eigenvalue weighted by molar-refractivity contribution is 1.11. The summed E-state index contributed by atoms with van der Waals surface area (Å²) in [5, 5.41) is 10.00. The standard InChI is InChI=1S/C17H12N4S/c18-11-15-1-2-16(14-5-9-20-10-6-14)21-17(15)22-12-13-3-7-19-8-4-13/h1-10H,12H2. The van der Waals surface area contributed by atoms with E-state index >= 15 is 0 Å². The summed E-state index contributed by atoms with van der Waals surface area (Å²) >= 11 is 1.56. The van der Waals surface area contributed by atoms with Gasteiger partial charge in [0.1, 0.15) is 11.1 Å². The lowest BCUT2D eigenvalue weighted by Gasteiger charge is -2.06. The van der Waals surface area contributed by atoms with Gasteiger partial charge in [-0.15, -0.1) is 11.8 Å². The Morgan fingerprint density at radius 3 is 2.27 bits per heavy atom. The summed E-state index contributed by atoms with van der Waals surface area (Å²) < 4.78 is 0. The van der Waals surface area contributed by atoms with Crippen LogP contribution in [0.5, 0.6) is 0 Å². The van der Waals surface area contributed by atoms with E-state index in [1.54, 1.807) is 36.5 Å². The first-order valence-corrected chi connectivity index (χ1v) is 7.68. The van der Waals surface area contributed by atoms with Crippen molar-refractivity contribution in [3.8, 4) is 17.3 Å². The van der Waals surface area contributed by atoms with Crippen LogP contribution in [0.15, 0.2) is 66.2 Å². The second-order valence-electron chi connectivity index (χ2n) is 4.54. The third-order valence-electron chi connectivity index (χ3n) is 3.08. The molecule has 3 heterocycles. The van der Waals surface area contributed by atoms with Gasteiger partial charge in [-0.05, 0) is 42.0 Å². The molecule has 5 heteroatoms. The van der Waals surface area contributed by atoms with Gasteiger partial charge >= 0.3 is 0 Å². The Bertz CT molecular complexity index is 798. The Balaban J connectivity index is 1.87. The van der Waals surface area contributed by atoms with Crippen molar-refractivity contribution in [3.05, 3.63) is 72.3 Å². The highest BCUT2D eigenvalue weighted by atomic mass is 32.2. The number of pyridine rings is 3. The van der Waals surface area contributed by atoms with E-state index in [-0.39, 0.29) is 0 Å². The van der Waals surface area contributed by atoms with Crippen molar-refractivity contribution >= 4 is 11.8 Å². The number of rotatable bonds is 4. The highest BCUT2D eigenvalue weighted by Gasteiger charge is 2.08. The smallest absolute Gasteiger partial charge is 0.115 e. The lowest BCUT2D eigenvalue weighted by Crippen LogP contribution is -1.92. The molecule has 0 aliphatic rings. The second-order valence-corrected chi connectivity index (χ2v) is 5.51. The SMILES string of the molecule is N#Cc1ccc(-c2ccncc2)nc1SCc1ccncc1. The first-order chi connectivity index (χ1) is 10.9. The molecule has 3 rings (SSSR count). The fourth-order valence-electron chi connectivity index (χ4n) is 1.95. The third-order valence-corrected chi connectivity index (χ3v) is 4.14. The fourth-order valence-corrected chi connectivity index (χ4v) is 2.88. The molecule has 0 aromatic carbocycles. The number of hydrogen-bond donors (Lipinski definition) is 0. The van der Waals surface area contributed by atoms with E-state index in [0.29, 0.717) is 5.56 Å². The topological polar surface area (TPSA) is 62.5 Å². The van der Waals surface area contributed by atoms with Crippen LogP contribution in [-0.2, 0) is 5.75 Å². The van der Waals surface area contributed by atoms with E-state index < -0.39 is 0 Å². The van der Waals surface area contributed by atoms with Crippen molar-refractivity contribution in [1.29, 1.82) is 5.26 Å². The van der Waals surface area contributed by atoms with Crippen molar-refractivity contribution in [2.75, 3.05) is 0 Å². The van der Waals surface area contributed by atoms with E-state index in [2.05, 4.69) is 21.0 Å². The predicted molar refractivity (Wildman–Crippen MR) is 86.0 cm³/mol. The summed E-state index contributed by atoms with van der Waals surface area (Å²) in [7, 11) is 0. The summed E-state index contributed by atoms with van der Waals surface area (Å²) in [4.78, 5) is 12.6. The van der Waals surface area contributed by atoms with Gasteiger partial charge in [-0.3, -0.25) is 9.97 Å². The van der Waals surface area contributed by atoms with Gasteiger partial charge in [0, 0.05) is 36.1 Å². The molecule has 0 saturated carbocycles. The van der Waals surface area contributed by atoms with Crippen LogP contribution in [0.25, 0.3) is 11.3 Å². The van der Waals surface area contributed by atoms with Crippen LogP contribution in [0.4, 0.5) is 0 Å². The van der Waals surface area contributed by atoms with Gasteiger partial charge < -0.3 is 0 Å². The van der Waals surface area contributed by atoms with E-state index in [1.807, 2.05) is 36.4 Å². The third kappa shape index (κ3) is 3.30. The summed E-state index contributed by atoms with van der Waals surface area (Å²) in [5.41, 5.74) is 3.58. The molecule has 0 saturated heterocycles. The minimum atomic E-state index is 0.594. The number of nitriles is 1. The van der Waals surface area contributed by atoms with Crippen molar-refractivity contribution in [3.63, 3.8) is 0 Å². The zero-order chi connectivity index (χ0) is 15.2. The van der Waals surface area contributed by atoms with Gasteiger partial charge in [0.25, 0.3) is 0 Å². The molecule has 4 nitrogen and oxygen atoms in total. The molecule has 0 spiro atoms. The van der Waals surface area contributed by atoms with E-state index in [0.717, 1.165) is 27.6 Å². The maximum atomic E-state index is 9.25. The molecule has 3 aromatic heterocycles. The molecule has 0 aliphatic heterocycles. The summed E-state index contributed by atoms with van der Waals surface area (Å²) in [6, 6.07) is 13.6. The molecule has 0 amide bonds. The van der Waals surface area contributed by atoms with Crippen LogP contribution in [0.1, 0.15) is 11.1 Å². The molecular formula is C17H12N4S. The van der Waals surface area contributed by atoms with Gasteiger partial charge in [0.2, 0.25) is 0 Å². The first kappa shape index (κ1) is 14.2. The average Bonchev–Trinajstić information content (AvgIpc) is 2.61. The van der Waals surface area contributed by atoms with E-state index in [1.165, 1.54) is 0 Å². The lowest BCUT2D eigenvalue weighted by atomic mass is 10.1. The Morgan fingerprint density at radius 2 is 1.59 bits per heavy atom. The van der Waals surface area contributed by atoms with Crippen LogP contribution in [0, 0.1) is 11.3 Å². The highest BCUT2D eigenvalue weighted by Crippen LogP contribution is 2.27. The molecule has 0 radical (unpaired) electrons. The van der Waals surface area contributed by atoms with Gasteiger partial charge in [-0.25, -0.2) is 4.98 Å². The molecule has 0 fully saturated rings. The minimum Gasteiger partial charge on any atom is -0.265 e. The maximum absolute atomic E-state index is 9.25. The van der Waals surface area contributed by atoms with Crippen molar-refractivity contribution in [2.24, 2.45) is 0 Å². The zero-order valence-electron chi connectivity index (χ0n) is 11.7. The van der Waals surface area contributed by atoms with Crippen molar-refractivity contribution in [1.82, 2.24) is 15.0 Å². The van der Waals surface area contributed by atoms with Gasteiger partial charge in [-0.2, -0.15) is 5.26 Å². The quantitative estimate of drug-likeness (QED) is 0.688. The molecule has 0 unspecified atom stereocenters. The minimum absolute atomic E-state index is 0.594. The number of nitrogens with zero attached hydrogens (tertiary/aromatic N) is 4. The monoisotopic (exact) mass is 304 g/mol. The van der Waals surface area contributed by atoms with E-state index in [9.17, 15) is 5.26 Å². The second kappa shape index (κ2) is 6.83. The van der Waals surface area contributed by atoms with E-state index in [4.69, 9.17) is 0 Å². The first-order valence-electron chi connectivity index (χ1n) is 6.70. The molecule has 0 aliphatic carbocycles. The average molecular weight is 304 g/mol. The molecule has 0 bridgehead atoms. The predicted octanol–water partition coefficient (Wildman–Crippen LogP) is 3.70. The van der Waals surface area contributed by atoms with Crippen LogP contribution in [0.3, 0.4) is 0 Å². The number of hydrogen-bond acceptors (Lipinski definition) is 5. The summed E-state index contributed by atoms with van der Waals surface area (Å²) in [5.74, 6) is 0.754. The number of aromatic nitrogens is 3. The highest BCUT2D eigenvalue weighted by molar-refractivity contribution is 7.98. The fraction of sp³-hybridized carbons (Fsp3) is 0.0588. The summed E-state index contributed by atoms with van der Waals surface area (Å²) in [6.07, 6.45) is 7.00. The Hall–Kier alpha value is -2.71. The van der Waals surface area contributed by atoms with Crippen molar-refractivity contribution in [2.45, 2.75) is 10.8 Å². The van der Waals surface area contributed by atoms with Gasteiger partial charge in [-0.1, -0.05) is 0 Å². The van der Waals surface area contributed by atoms with Gasteiger partial charge in [0.15, 0.2) is 0 Å². The zero-order valence-corrected chi connectivity index (χ0v) is 12.5. The molecule has 22 heavy (non-hydrogen) atoms. The summed E-state index contributed by atoms with van der Waals surface area (Å²) in [6.45, 7) is 0. The van der Waals surface area contributed by atoms with Crippen LogP contribution in [-0.4, -0.2) is 15.0 Å².